The summed E-state index contributed by atoms with van der Waals surface area (Å²) in [5.41, 5.74) is 1.59. The number of hydrogen-bond donors (Lipinski definition) is 1. The molecule has 1 amide bonds. The van der Waals surface area contributed by atoms with Gasteiger partial charge in [-0.3, -0.25) is 9.69 Å². The third-order valence-corrected chi connectivity index (χ3v) is 7.47. The van der Waals surface area contributed by atoms with Crippen LogP contribution in [-0.4, -0.2) is 51.7 Å². The fourth-order valence-electron chi connectivity index (χ4n) is 6.53. The van der Waals surface area contributed by atoms with Crippen LogP contribution in [0.1, 0.15) is 44.1 Å². The van der Waals surface area contributed by atoms with E-state index in [2.05, 4.69) is 16.3 Å². The van der Waals surface area contributed by atoms with Gasteiger partial charge in [0.1, 0.15) is 0 Å². The minimum absolute atomic E-state index is 0.163. The van der Waals surface area contributed by atoms with Crippen molar-refractivity contribution in [1.29, 1.82) is 0 Å². The molecule has 29 heavy (non-hydrogen) atoms. The van der Waals surface area contributed by atoms with Gasteiger partial charge in [-0.15, -0.1) is 0 Å². The van der Waals surface area contributed by atoms with Crippen LogP contribution >= 0.6 is 0 Å². The number of benzene rings is 1. The summed E-state index contributed by atoms with van der Waals surface area (Å²) < 4.78 is 10.7. The molecular weight excluding hydrogens is 364 g/mol. The molecule has 0 spiro atoms. The number of carbonyl (C=O) groups is 1. The van der Waals surface area contributed by atoms with E-state index >= 15 is 0 Å². The maximum atomic E-state index is 12.6. The number of nitrogens with zero attached hydrogens (tertiary/aromatic N) is 1. The van der Waals surface area contributed by atoms with Crippen LogP contribution in [0, 0.1) is 23.2 Å². The van der Waals surface area contributed by atoms with Gasteiger partial charge in [-0.2, -0.15) is 0 Å². The second-order valence-electron chi connectivity index (χ2n) is 9.87. The molecule has 1 N–H and O–H groups in total. The van der Waals surface area contributed by atoms with Crippen molar-refractivity contribution in [2.24, 2.45) is 23.2 Å². The molecule has 160 valence electrons. The fraction of sp³-hybridized carbons (Fsp3) is 0.708. The summed E-state index contributed by atoms with van der Waals surface area (Å²) in [6.07, 6.45) is 9.25. The molecule has 4 bridgehead atoms. The number of carbonyl (C=O) groups excluding carboxylic acids is 1. The van der Waals surface area contributed by atoms with Gasteiger partial charge in [0, 0.05) is 13.1 Å². The quantitative estimate of drug-likeness (QED) is 0.689. The minimum Gasteiger partial charge on any atom is -0.493 e. The molecule has 4 aliphatic carbocycles. The molecule has 1 aromatic carbocycles. The number of likely N-dealkylation sites (N-methyl/N-ethyl adjacent to an activating group) is 1. The van der Waals surface area contributed by atoms with Gasteiger partial charge < -0.3 is 14.8 Å². The van der Waals surface area contributed by atoms with Gasteiger partial charge in [0.15, 0.2) is 11.5 Å². The molecule has 0 heterocycles. The minimum atomic E-state index is 0.163. The Labute approximate surface area is 175 Å². The highest BCUT2D eigenvalue weighted by Gasteiger charge is 2.50. The van der Waals surface area contributed by atoms with E-state index in [1.54, 1.807) is 14.2 Å². The molecular formula is C24H36N2O3. The van der Waals surface area contributed by atoms with Crippen molar-refractivity contribution in [2.75, 3.05) is 40.9 Å². The zero-order valence-corrected chi connectivity index (χ0v) is 18.2. The van der Waals surface area contributed by atoms with Crippen molar-refractivity contribution in [2.45, 2.75) is 44.9 Å². The second-order valence-corrected chi connectivity index (χ2v) is 9.87. The maximum Gasteiger partial charge on any atom is 0.234 e. The van der Waals surface area contributed by atoms with E-state index in [1.165, 1.54) is 44.1 Å². The first-order chi connectivity index (χ1) is 14.0. The summed E-state index contributed by atoms with van der Waals surface area (Å²) in [5, 5.41) is 3.28. The van der Waals surface area contributed by atoms with E-state index < -0.39 is 0 Å². The van der Waals surface area contributed by atoms with E-state index in [-0.39, 0.29) is 5.91 Å². The van der Waals surface area contributed by atoms with Crippen LogP contribution in [0.25, 0.3) is 0 Å². The monoisotopic (exact) mass is 400 g/mol. The average Bonchev–Trinajstić information content (AvgIpc) is 2.69. The molecule has 4 fully saturated rings. The molecule has 5 nitrogen and oxygen atoms in total. The second kappa shape index (κ2) is 8.55. The summed E-state index contributed by atoms with van der Waals surface area (Å²) in [6.45, 7) is 2.18. The Morgan fingerprint density at radius 2 is 1.69 bits per heavy atom. The van der Waals surface area contributed by atoms with E-state index in [0.717, 1.165) is 48.8 Å². The van der Waals surface area contributed by atoms with E-state index in [1.807, 2.05) is 19.2 Å². The molecule has 5 heteroatoms. The lowest BCUT2D eigenvalue weighted by Crippen LogP contribution is -2.52. The Balaban J connectivity index is 1.22. The molecule has 1 aromatic rings. The third-order valence-electron chi connectivity index (χ3n) is 7.47. The SMILES string of the molecule is COc1ccc(CCN(C)CC(=O)NCC23CC4CC(CC(C4)C2)C3)cc1OC. The van der Waals surface area contributed by atoms with Crippen molar-refractivity contribution < 1.29 is 14.3 Å². The number of methoxy groups -OCH3 is 2. The molecule has 4 aliphatic rings. The first-order valence-corrected chi connectivity index (χ1v) is 11.1. The van der Waals surface area contributed by atoms with Gasteiger partial charge in [0.25, 0.3) is 0 Å². The topological polar surface area (TPSA) is 50.8 Å². The van der Waals surface area contributed by atoms with Gasteiger partial charge in [0.2, 0.25) is 5.91 Å². The Hall–Kier alpha value is -1.75. The highest BCUT2D eigenvalue weighted by Crippen LogP contribution is 2.59. The van der Waals surface area contributed by atoms with E-state index in [4.69, 9.17) is 9.47 Å². The average molecular weight is 401 g/mol. The number of amides is 1. The fourth-order valence-corrected chi connectivity index (χ4v) is 6.53. The first kappa shape index (κ1) is 20.5. The van der Waals surface area contributed by atoms with Crippen molar-refractivity contribution >= 4 is 5.91 Å². The van der Waals surface area contributed by atoms with E-state index in [9.17, 15) is 4.79 Å². The summed E-state index contributed by atoms with van der Waals surface area (Å²) in [7, 11) is 5.32. The van der Waals surface area contributed by atoms with Crippen LogP contribution < -0.4 is 14.8 Å². The smallest absolute Gasteiger partial charge is 0.234 e. The van der Waals surface area contributed by atoms with Crippen LogP contribution in [-0.2, 0) is 11.2 Å². The lowest BCUT2D eigenvalue weighted by atomic mass is 9.49. The highest BCUT2D eigenvalue weighted by atomic mass is 16.5. The Kier molecular flexibility index (Phi) is 6.05. The standard InChI is InChI=1S/C24H36N2O3/c1-26(7-6-17-4-5-21(28-2)22(11-17)29-3)15-23(27)25-16-24-12-18-8-19(13-24)10-20(9-18)14-24/h4-5,11,18-20H,6-10,12-16H2,1-3H3,(H,25,27). The van der Waals surface area contributed by atoms with Crippen LogP contribution in [0.15, 0.2) is 18.2 Å². The van der Waals surface area contributed by atoms with Gasteiger partial charge in [0.05, 0.1) is 20.8 Å². The zero-order chi connectivity index (χ0) is 20.4. The Morgan fingerprint density at radius 1 is 1.07 bits per heavy atom. The zero-order valence-electron chi connectivity index (χ0n) is 18.2. The Bertz CT molecular complexity index is 698. The molecule has 0 radical (unpaired) electrons. The van der Waals surface area contributed by atoms with Crippen LogP contribution in [0.3, 0.4) is 0 Å². The molecule has 0 aromatic heterocycles. The van der Waals surface area contributed by atoms with Crippen molar-refractivity contribution in [1.82, 2.24) is 10.2 Å². The van der Waals surface area contributed by atoms with Crippen LogP contribution in [0.2, 0.25) is 0 Å². The highest BCUT2D eigenvalue weighted by molar-refractivity contribution is 5.78. The lowest BCUT2D eigenvalue weighted by Gasteiger charge is -2.56. The van der Waals surface area contributed by atoms with Crippen molar-refractivity contribution in [3.05, 3.63) is 23.8 Å². The van der Waals surface area contributed by atoms with Gasteiger partial charge >= 0.3 is 0 Å². The van der Waals surface area contributed by atoms with E-state index in [0.29, 0.717) is 12.0 Å². The predicted molar refractivity (Wildman–Crippen MR) is 114 cm³/mol. The van der Waals surface area contributed by atoms with Crippen molar-refractivity contribution in [3.63, 3.8) is 0 Å². The molecule has 0 atom stereocenters. The number of hydrogen-bond acceptors (Lipinski definition) is 4. The lowest BCUT2D eigenvalue weighted by molar-refractivity contribution is -0.124. The van der Waals surface area contributed by atoms with Crippen LogP contribution in [0.4, 0.5) is 0 Å². The van der Waals surface area contributed by atoms with Gasteiger partial charge in [-0.05, 0) is 92.9 Å². The van der Waals surface area contributed by atoms with Crippen molar-refractivity contribution in [3.8, 4) is 11.5 Å². The first-order valence-electron chi connectivity index (χ1n) is 11.1. The molecule has 0 unspecified atom stereocenters. The molecule has 0 aliphatic heterocycles. The van der Waals surface area contributed by atoms with Gasteiger partial charge in [-0.1, -0.05) is 6.07 Å². The summed E-state index contributed by atoms with van der Waals surface area (Å²) in [4.78, 5) is 14.7. The molecule has 5 rings (SSSR count). The number of ether oxygens (including phenoxy) is 2. The summed E-state index contributed by atoms with van der Waals surface area (Å²) in [5.74, 6) is 4.46. The molecule has 0 saturated heterocycles. The predicted octanol–water partition coefficient (Wildman–Crippen LogP) is 3.51. The summed E-state index contributed by atoms with van der Waals surface area (Å²) in [6, 6.07) is 6.01. The summed E-state index contributed by atoms with van der Waals surface area (Å²) >= 11 is 0. The normalized spacial score (nSPS) is 29.9. The number of nitrogens with one attached hydrogen (secondary N) is 1. The Morgan fingerprint density at radius 3 is 2.28 bits per heavy atom. The number of rotatable bonds is 9. The van der Waals surface area contributed by atoms with Crippen LogP contribution in [0.5, 0.6) is 11.5 Å². The largest absolute Gasteiger partial charge is 0.493 e. The third kappa shape index (κ3) is 4.71. The van der Waals surface area contributed by atoms with Gasteiger partial charge in [-0.25, -0.2) is 0 Å². The molecule has 4 saturated carbocycles. The maximum absolute atomic E-state index is 12.6.